The van der Waals surface area contributed by atoms with Crippen LogP contribution in [0, 0.1) is 0 Å². The predicted molar refractivity (Wildman–Crippen MR) is 114 cm³/mol. The van der Waals surface area contributed by atoms with Crippen LogP contribution in [0.2, 0.25) is 0 Å². The third-order valence-corrected chi connectivity index (χ3v) is 4.78. The maximum atomic E-state index is 4.80. The minimum absolute atomic E-state index is 0.682. The number of aromatic nitrogens is 4. The van der Waals surface area contributed by atoms with Gasteiger partial charge < -0.3 is 0 Å². The Morgan fingerprint density at radius 3 is 1.66 bits per heavy atom. The first kappa shape index (κ1) is 17.1. The van der Waals surface area contributed by atoms with Crippen LogP contribution in [0.3, 0.4) is 0 Å². The van der Waals surface area contributed by atoms with Crippen molar-refractivity contribution in [3.63, 3.8) is 0 Å². The van der Waals surface area contributed by atoms with Crippen molar-refractivity contribution in [1.82, 2.24) is 15.0 Å². The number of nitrogens with zero attached hydrogens (tertiary/aromatic N) is 4. The fourth-order valence-electron chi connectivity index (χ4n) is 3.30. The first-order valence-corrected chi connectivity index (χ1v) is 9.55. The van der Waals surface area contributed by atoms with Gasteiger partial charge in [0.15, 0.2) is 5.69 Å². The Bertz CT molecular complexity index is 1210. The van der Waals surface area contributed by atoms with E-state index in [1.807, 2.05) is 76.3 Å². The van der Waals surface area contributed by atoms with Gasteiger partial charge in [-0.25, -0.2) is 0 Å². The zero-order valence-corrected chi connectivity index (χ0v) is 15.8. The van der Waals surface area contributed by atoms with E-state index in [-0.39, 0.29) is 0 Å². The number of tetrazole rings is 1. The summed E-state index contributed by atoms with van der Waals surface area (Å²) in [5.74, 6) is 0.682. The van der Waals surface area contributed by atoms with Crippen molar-refractivity contribution >= 4 is 0 Å². The van der Waals surface area contributed by atoms with E-state index in [1.165, 1.54) is 11.1 Å². The minimum Gasteiger partial charge on any atom is -0.0622 e. The zero-order valence-electron chi connectivity index (χ0n) is 15.8. The molecule has 0 N–H and O–H groups in total. The Morgan fingerprint density at radius 2 is 1.03 bits per heavy atom. The Morgan fingerprint density at radius 1 is 0.517 bits per heavy atom. The molecule has 29 heavy (non-hydrogen) atoms. The quantitative estimate of drug-likeness (QED) is 0.420. The van der Waals surface area contributed by atoms with Gasteiger partial charge in [0.2, 0.25) is 0 Å². The van der Waals surface area contributed by atoms with E-state index < -0.39 is 0 Å². The Labute approximate surface area is 169 Å². The average molecular weight is 375 g/mol. The van der Waals surface area contributed by atoms with Gasteiger partial charge in [-0.05, 0) is 69.6 Å². The highest BCUT2D eigenvalue weighted by molar-refractivity contribution is 5.64. The molecule has 0 spiro atoms. The van der Waals surface area contributed by atoms with Gasteiger partial charge in [0.1, 0.15) is 5.69 Å². The van der Waals surface area contributed by atoms with Crippen molar-refractivity contribution in [3.8, 4) is 33.9 Å². The zero-order chi connectivity index (χ0) is 19.5. The van der Waals surface area contributed by atoms with Crippen molar-refractivity contribution in [2.45, 2.75) is 0 Å². The number of para-hydroxylation sites is 1. The highest BCUT2D eigenvalue weighted by Crippen LogP contribution is 2.20. The lowest BCUT2D eigenvalue weighted by Crippen LogP contribution is -2.43. The van der Waals surface area contributed by atoms with Crippen LogP contribution in [0.25, 0.3) is 33.9 Å². The molecule has 0 saturated carbocycles. The topological polar surface area (TPSA) is 34.6 Å². The summed E-state index contributed by atoms with van der Waals surface area (Å²) < 4.78 is 0. The molecule has 0 fully saturated rings. The lowest BCUT2D eigenvalue weighted by Gasteiger charge is -2.03. The van der Waals surface area contributed by atoms with Crippen LogP contribution in [0.15, 0.2) is 115 Å². The van der Waals surface area contributed by atoms with Crippen molar-refractivity contribution in [2.24, 2.45) is 0 Å². The fraction of sp³-hybridized carbons (Fsp3) is 0. The number of hydrogen-bond acceptors (Lipinski definition) is 2. The molecular weight excluding hydrogens is 356 g/mol. The molecule has 5 aromatic rings. The molecule has 5 rings (SSSR count). The summed E-state index contributed by atoms with van der Waals surface area (Å²) in [6, 6.07) is 38.8. The molecule has 0 unspecified atom stereocenters. The van der Waals surface area contributed by atoms with Gasteiger partial charge in [-0.2, -0.15) is 0 Å². The number of hydrogen-bond donors (Lipinski definition) is 0. The molecule has 0 atom stereocenters. The van der Waals surface area contributed by atoms with E-state index in [0.29, 0.717) is 5.82 Å². The molecule has 4 nitrogen and oxygen atoms in total. The molecule has 0 aliphatic carbocycles. The van der Waals surface area contributed by atoms with Crippen molar-refractivity contribution in [1.29, 1.82) is 0 Å². The highest BCUT2D eigenvalue weighted by atomic mass is 15.7. The molecule has 1 heterocycles. The molecule has 0 saturated heterocycles. The summed E-state index contributed by atoms with van der Waals surface area (Å²) in [6.45, 7) is 0. The highest BCUT2D eigenvalue weighted by Gasteiger charge is 2.23. The van der Waals surface area contributed by atoms with Gasteiger partial charge in [0, 0.05) is 4.80 Å². The largest absolute Gasteiger partial charge is 0.340 e. The molecular formula is C25H19N4+. The van der Waals surface area contributed by atoms with Gasteiger partial charge >= 0.3 is 5.82 Å². The van der Waals surface area contributed by atoms with E-state index in [1.54, 1.807) is 0 Å². The lowest BCUT2D eigenvalue weighted by atomic mass is 10.1. The van der Waals surface area contributed by atoms with E-state index >= 15 is 0 Å². The normalized spacial score (nSPS) is 10.8. The lowest BCUT2D eigenvalue weighted by molar-refractivity contribution is -0.734. The third kappa shape index (κ3) is 3.44. The molecule has 1 aromatic heterocycles. The molecule has 4 aromatic carbocycles. The van der Waals surface area contributed by atoms with E-state index in [4.69, 9.17) is 10.2 Å². The van der Waals surface area contributed by atoms with E-state index in [0.717, 1.165) is 16.9 Å². The van der Waals surface area contributed by atoms with Crippen molar-refractivity contribution in [3.05, 3.63) is 115 Å². The van der Waals surface area contributed by atoms with Crippen molar-refractivity contribution in [2.75, 3.05) is 0 Å². The molecule has 4 heteroatoms. The average Bonchev–Trinajstić information content (AvgIpc) is 3.27. The number of benzene rings is 4. The second kappa shape index (κ2) is 7.52. The van der Waals surface area contributed by atoms with Crippen LogP contribution in [0.1, 0.15) is 0 Å². The second-order valence-corrected chi connectivity index (χ2v) is 6.72. The second-order valence-electron chi connectivity index (χ2n) is 6.72. The van der Waals surface area contributed by atoms with Crippen LogP contribution in [0.5, 0.6) is 0 Å². The predicted octanol–water partition coefficient (Wildman–Crippen LogP) is 4.88. The molecule has 0 aliphatic heterocycles. The Kier molecular flexibility index (Phi) is 4.43. The molecule has 0 aliphatic rings. The fourth-order valence-corrected chi connectivity index (χ4v) is 3.30. The molecule has 0 bridgehead atoms. The minimum atomic E-state index is 0.682. The summed E-state index contributed by atoms with van der Waals surface area (Å²) in [7, 11) is 0. The number of rotatable bonds is 4. The summed E-state index contributed by atoms with van der Waals surface area (Å²) in [5, 5.41) is 9.57. The maximum absolute atomic E-state index is 4.80. The molecule has 138 valence electrons. The summed E-state index contributed by atoms with van der Waals surface area (Å²) in [6.07, 6.45) is 0. The van der Waals surface area contributed by atoms with Gasteiger partial charge in [-0.1, -0.05) is 66.7 Å². The monoisotopic (exact) mass is 375 g/mol. The van der Waals surface area contributed by atoms with Crippen LogP contribution >= 0.6 is 0 Å². The van der Waals surface area contributed by atoms with Gasteiger partial charge in [-0.3, -0.25) is 0 Å². The summed E-state index contributed by atoms with van der Waals surface area (Å²) in [4.78, 5) is 3.67. The van der Waals surface area contributed by atoms with Gasteiger partial charge in [-0.15, -0.1) is 0 Å². The van der Waals surface area contributed by atoms with Crippen LogP contribution < -0.4 is 4.80 Å². The van der Waals surface area contributed by atoms with Crippen molar-refractivity contribution < 1.29 is 4.80 Å². The van der Waals surface area contributed by atoms with E-state index in [2.05, 4.69) is 48.5 Å². The molecule has 0 amide bonds. The van der Waals surface area contributed by atoms with E-state index in [9.17, 15) is 0 Å². The first-order chi connectivity index (χ1) is 14.4. The van der Waals surface area contributed by atoms with Gasteiger partial charge in [0.05, 0.1) is 10.7 Å². The van der Waals surface area contributed by atoms with Gasteiger partial charge in [0.25, 0.3) is 0 Å². The summed E-state index contributed by atoms with van der Waals surface area (Å²) in [5.41, 5.74) is 5.25. The molecule has 0 radical (unpaired) electrons. The van der Waals surface area contributed by atoms with Crippen LogP contribution in [-0.4, -0.2) is 15.0 Å². The Hall–Kier alpha value is -4.05. The SMILES string of the molecule is c1ccc(-c2ccc(-[n+]3nc(-c4ccccc4)nn3-c3ccccc3)cc2)cc1. The first-order valence-electron chi connectivity index (χ1n) is 9.55. The Balaban J connectivity index is 1.61. The van der Waals surface area contributed by atoms with Crippen LogP contribution in [0.4, 0.5) is 0 Å². The smallest absolute Gasteiger partial charge is 0.0622 e. The summed E-state index contributed by atoms with van der Waals surface area (Å²) >= 11 is 0. The van der Waals surface area contributed by atoms with Crippen LogP contribution in [-0.2, 0) is 0 Å². The standard InChI is InChI=1S/C25H19N4/c1-4-10-20(11-5-1)21-16-18-24(19-17-21)29-27-25(22-12-6-2-7-13-22)26-28(29)23-14-8-3-9-15-23/h1-19H/q+1. The third-order valence-electron chi connectivity index (χ3n) is 4.78. The maximum Gasteiger partial charge on any atom is 0.340 e.